The van der Waals surface area contributed by atoms with Gasteiger partial charge in [-0.2, -0.15) is 5.10 Å². The molecule has 1 heterocycles. The van der Waals surface area contributed by atoms with Gasteiger partial charge in [0.05, 0.1) is 12.2 Å². The quantitative estimate of drug-likeness (QED) is 0.601. The summed E-state index contributed by atoms with van der Waals surface area (Å²) in [5.74, 6) is -0.214. The summed E-state index contributed by atoms with van der Waals surface area (Å²) in [5, 5.41) is 8.70. The molecular formula is C21H21Cl2N3O. The van der Waals surface area contributed by atoms with Gasteiger partial charge in [0.1, 0.15) is 5.69 Å². The largest absolute Gasteiger partial charge is 0.321 e. The van der Waals surface area contributed by atoms with Crippen molar-refractivity contribution in [2.45, 2.75) is 32.7 Å². The van der Waals surface area contributed by atoms with Gasteiger partial charge in [-0.1, -0.05) is 68.2 Å². The van der Waals surface area contributed by atoms with Crippen LogP contribution in [-0.4, -0.2) is 15.7 Å². The maximum absolute atomic E-state index is 12.9. The third-order valence-electron chi connectivity index (χ3n) is 4.15. The fraction of sp³-hybridized carbons (Fsp3) is 0.238. The van der Waals surface area contributed by atoms with E-state index in [2.05, 4.69) is 31.2 Å². The number of anilines is 1. The molecule has 0 spiro atoms. The molecule has 4 nitrogen and oxygen atoms in total. The third-order valence-corrected chi connectivity index (χ3v) is 4.73. The molecule has 0 aliphatic rings. The van der Waals surface area contributed by atoms with Crippen molar-refractivity contribution in [3.8, 4) is 0 Å². The van der Waals surface area contributed by atoms with Gasteiger partial charge in [-0.15, -0.1) is 0 Å². The monoisotopic (exact) mass is 401 g/mol. The van der Waals surface area contributed by atoms with Crippen LogP contribution in [0.1, 0.15) is 42.5 Å². The Labute approximate surface area is 169 Å². The summed E-state index contributed by atoms with van der Waals surface area (Å²) in [6.45, 7) is 6.57. The number of carbonyl (C=O) groups is 1. The molecule has 0 saturated carbocycles. The average molecular weight is 402 g/mol. The third kappa shape index (κ3) is 4.71. The molecule has 140 valence electrons. The van der Waals surface area contributed by atoms with E-state index in [-0.39, 0.29) is 11.3 Å². The summed E-state index contributed by atoms with van der Waals surface area (Å²) in [6, 6.07) is 16.5. The van der Waals surface area contributed by atoms with Crippen molar-refractivity contribution >= 4 is 34.8 Å². The van der Waals surface area contributed by atoms with Crippen molar-refractivity contribution in [3.05, 3.63) is 81.6 Å². The van der Waals surface area contributed by atoms with Gasteiger partial charge in [0.15, 0.2) is 0 Å². The molecule has 3 rings (SSSR count). The van der Waals surface area contributed by atoms with E-state index in [1.165, 1.54) is 0 Å². The van der Waals surface area contributed by atoms with Crippen LogP contribution in [0.5, 0.6) is 0 Å². The molecular weight excluding hydrogens is 381 g/mol. The Morgan fingerprint density at radius 3 is 2.41 bits per heavy atom. The summed E-state index contributed by atoms with van der Waals surface area (Å²) in [4.78, 5) is 12.9. The molecule has 0 unspecified atom stereocenters. The van der Waals surface area contributed by atoms with Crippen LogP contribution in [0, 0.1) is 0 Å². The van der Waals surface area contributed by atoms with Crippen LogP contribution >= 0.6 is 23.2 Å². The van der Waals surface area contributed by atoms with Crippen molar-refractivity contribution in [3.63, 3.8) is 0 Å². The van der Waals surface area contributed by atoms with E-state index in [0.29, 0.717) is 22.3 Å². The minimum absolute atomic E-state index is 0.184. The molecule has 3 aromatic rings. The standard InChI is InChI=1S/C21H21Cl2N3O/c1-21(2,3)19-12-18(20(27)24-16-7-5-4-6-8-16)26(25-19)13-14-9-10-15(22)11-17(14)23/h4-12H,13H2,1-3H3,(H,24,27). The van der Waals surface area contributed by atoms with E-state index >= 15 is 0 Å². The lowest BCUT2D eigenvalue weighted by molar-refractivity contribution is 0.101. The predicted octanol–water partition coefficient (Wildman–Crippen LogP) is 5.79. The number of carbonyl (C=O) groups excluding carboxylic acids is 1. The van der Waals surface area contributed by atoms with E-state index < -0.39 is 0 Å². The first kappa shape index (κ1) is 19.5. The molecule has 2 aromatic carbocycles. The number of nitrogens with zero attached hydrogens (tertiary/aromatic N) is 2. The maximum atomic E-state index is 12.9. The number of amides is 1. The summed E-state index contributed by atoms with van der Waals surface area (Å²) in [7, 11) is 0. The normalized spacial score (nSPS) is 11.4. The highest BCUT2D eigenvalue weighted by Gasteiger charge is 2.23. The second-order valence-electron chi connectivity index (χ2n) is 7.38. The Kier molecular flexibility index (Phi) is 5.59. The molecule has 0 aliphatic heterocycles. The highest BCUT2D eigenvalue weighted by atomic mass is 35.5. The fourth-order valence-electron chi connectivity index (χ4n) is 2.61. The number of nitrogens with one attached hydrogen (secondary N) is 1. The molecule has 1 aromatic heterocycles. The zero-order valence-electron chi connectivity index (χ0n) is 15.5. The first-order valence-corrected chi connectivity index (χ1v) is 9.38. The lowest BCUT2D eigenvalue weighted by atomic mass is 9.92. The molecule has 1 amide bonds. The van der Waals surface area contributed by atoms with Crippen molar-refractivity contribution in [1.29, 1.82) is 0 Å². The van der Waals surface area contributed by atoms with E-state index in [4.69, 9.17) is 23.2 Å². The maximum Gasteiger partial charge on any atom is 0.273 e. The summed E-state index contributed by atoms with van der Waals surface area (Å²) >= 11 is 12.3. The molecule has 27 heavy (non-hydrogen) atoms. The Bertz CT molecular complexity index is 959. The van der Waals surface area contributed by atoms with E-state index in [0.717, 1.165) is 16.9 Å². The van der Waals surface area contributed by atoms with Gasteiger partial charge >= 0.3 is 0 Å². The second-order valence-corrected chi connectivity index (χ2v) is 8.22. The second kappa shape index (κ2) is 7.75. The molecule has 0 aliphatic carbocycles. The highest BCUT2D eigenvalue weighted by Crippen LogP contribution is 2.25. The zero-order valence-corrected chi connectivity index (χ0v) is 17.0. The highest BCUT2D eigenvalue weighted by molar-refractivity contribution is 6.35. The zero-order chi connectivity index (χ0) is 19.6. The number of hydrogen-bond acceptors (Lipinski definition) is 2. The Morgan fingerprint density at radius 1 is 1.07 bits per heavy atom. The molecule has 0 atom stereocenters. The number of para-hydroxylation sites is 1. The van der Waals surface area contributed by atoms with Gasteiger partial charge in [-0.25, -0.2) is 0 Å². The van der Waals surface area contributed by atoms with Crippen molar-refractivity contribution in [2.24, 2.45) is 0 Å². The van der Waals surface area contributed by atoms with Crippen LogP contribution in [0.25, 0.3) is 0 Å². The summed E-state index contributed by atoms with van der Waals surface area (Å²) in [6.07, 6.45) is 0. The van der Waals surface area contributed by atoms with E-state index in [1.54, 1.807) is 16.8 Å². The number of aromatic nitrogens is 2. The lowest BCUT2D eigenvalue weighted by Gasteiger charge is -2.14. The van der Waals surface area contributed by atoms with Crippen LogP contribution in [0.3, 0.4) is 0 Å². The average Bonchev–Trinajstić information content (AvgIpc) is 3.03. The molecule has 1 N–H and O–H groups in total. The van der Waals surface area contributed by atoms with Crippen LogP contribution in [0.2, 0.25) is 10.0 Å². The first-order valence-electron chi connectivity index (χ1n) is 8.63. The fourth-order valence-corrected chi connectivity index (χ4v) is 3.08. The SMILES string of the molecule is CC(C)(C)c1cc(C(=O)Nc2ccccc2)n(Cc2ccc(Cl)cc2Cl)n1. The number of rotatable bonds is 4. The Hall–Kier alpha value is -2.30. The van der Waals surface area contributed by atoms with Gasteiger partial charge in [0.2, 0.25) is 0 Å². The Morgan fingerprint density at radius 2 is 1.78 bits per heavy atom. The molecule has 0 radical (unpaired) electrons. The topological polar surface area (TPSA) is 46.9 Å². The number of benzene rings is 2. The molecule has 6 heteroatoms. The minimum Gasteiger partial charge on any atom is -0.321 e. The van der Waals surface area contributed by atoms with Gasteiger partial charge in [0, 0.05) is 21.1 Å². The van der Waals surface area contributed by atoms with Gasteiger partial charge in [-0.3, -0.25) is 9.48 Å². The van der Waals surface area contributed by atoms with Crippen molar-refractivity contribution < 1.29 is 4.79 Å². The van der Waals surface area contributed by atoms with Crippen LogP contribution in [0.15, 0.2) is 54.6 Å². The summed E-state index contributed by atoms with van der Waals surface area (Å²) < 4.78 is 1.69. The molecule has 0 saturated heterocycles. The van der Waals surface area contributed by atoms with Crippen LogP contribution in [-0.2, 0) is 12.0 Å². The lowest BCUT2D eigenvalue weighted by Crippen LogP contribution is -2.18. The van der Waals surface area contributed by atoms with Gasteiger partial charge in [-0.05, 0) is 35.9 Å². The van der Waals surface area contributed by atoms with Crippen molar-refractivity contribution in [2.75, 3.05) is 5.32 Å². The van der Waals surface area contributed by atoms with E-state index in [9.17, 15) is 4.79 Å². The summed E-state index contributed by atoms with van der Waals surface area (Å²) in [5.41, 5.74) is 2.72. The number of hydrogen-bond donors (Lipinski definition) is 1. The minimum atomic E-state index is -0.214. The molecule has 0 fully saturated rings. The molecule has 0 bridgehead atoms. The smallest absolute Gasteiger partial charge is 0.273 e. The van der Waals surface area contributed by atoms with Crippen molar-refractivity contribution in [1.82, 2.24) is 9.78 Å². The van der Waals surface area contributed by atoms with Gasteiger partial charge in [0.25, 0.3) is 5.91 Å². The van der Waals surface area contributed by atoms with Crippen LogP contribution in [0.4, 0.5) is 5.69 Å². The predicted molar refractivity (Wildman–Crippen MR) is 111 cm³/mol. The Balaban J connectivity index is 1.96. The van der Waals surface area contributed by atoms with Crippen LogP contribution < -0.4 is 5.32 Å². The first-order chi connectivity index (χ1) is 12.7. The van der Waals surface area contributed by atoms with E-state index in [1.807, 2.05) is 42.5 Å². The number of halogens is 2. The van der Waals surface area contributed by atoms with Gasteiger partial charge < -0.3 is 5.32 Å².